The molecule has 1 aromatic heterocycles. The Morgan fingerprint density at radius 2 is 1.96 bits per heavy atom. The molecule has 120 valence electrons. The number of pyridine rings is 1. The Bertz CT molecular complexity index is 700. The van der Waals surface area contributed by atoms with Crippen LogP contribution in [-0.4, -0.2) is 10.1 Å². The minimum absolute atomic E-state index is 0.156. The fraction of sp³-hybridized carbons (Fsp3) is 0.294. The van der Waals surface area contributed by atoms with Crippen LogP contribution >= 0.6 is 12.2 Å². The van der Waals surface area contributed by atoms with E-state index in [0.717, 1.165) is 37.3 Å². The summed E-state index contributed by atoms with van der Waals surface area (Å²) < 4.78 is 26.7. The molecule has 23 heavy (non-hydrogen) atoms. The second-order valence-corrected chi connectivity index (χ2v) is 6.14. The van der Waals surface area contributed by atoms with Gasteiger partial charge in [0, 0.05) is 18.5 Å². The van der Waals surface area contributed by atoms with Gasteiger partial charge in [-0.25, -0.2) is 8.78 Å². The van der Waals surface area contributed by atoms with Gasteiger partial charge >= 0.3 is 0 Å². The monoisotopic (exact) mass is 333 g/mol. The Morgan fingerprint density at radius 3 is 2.61 bits per heavy atom. The number of anilines is 1. The molecule has 1 aliphatic rings. The van der Waals surface area contributed by atoms with Crippen molar-refractivity contribution >= 4 is 23.0 Å². The highest BCUT2D eigenvalue weighted by molar-refractivity contribution is 7.80. The minimum Gasteiger partial charge on any atom is -0.353 e. The first-order valence-corrected chi connectivity index (χ1v) is 7.95. The molecule has 0 radical (unpaired) electrons. The molecule has 1 heterocycles. The molecule has 3 nitrogen and oxygen atoms in total. The predicted molar refractivity (Wildman–Crippen MR) is 90.1 cm³/mol. The van der Waals surface area contributed by atoms with Crippen LogP contribution in [0.2, 0.25) is 0 Å². The highest BCUT2D eigenvalue weighted by Crippen LogP contribution is 2.38. The van der Waals surface area contributed by atoms with Crippen LogP contribution in [0.3, 0.4) is 0 Å². The second-order valence-electron chi connectivity index (χ2n) is 5.73. The summed E-state index contributed by atoms with van der Waals surface area (Å²) in [5.41, 5.74) is 0.943. The average Bonchev–Trinajstić information content (AvgIpc) is 3.01. The smallest absolute Gasteiger partial charge is 0.171 e. The van der Waals surface area contributed by atoms with Crippen molar-refractivity contribution in [1.29, 1.82) is 0 Å². The zero-order valence-electron chi connectivity index (χ0n) is 12.5. The van der Waals surface area contributed by atoms with Gasteiger partial charge < -0.3 is 10.6 Å². The quantitative estimate of drug-likeness (QED) is 0.829. The highest BCUT2D eigenvalue weighted by atomic mass is 32.1. The number of hydrogen-bond acceptors (Lipinski definition) is 2. The van der Waals surface area contributed by atoms with Crippen LogP contribution in [0, 0.1) is 11.6 Å². The SMILES string of the molecule is Fc1ccc(NC(=S)NC2(c3cccnc3)CCCC2)c(F)c1. The van der Waals surface area contributed by atoms with Crippen molar-refractivity contribution in [2.75, 3.05) is 5.32 Å². The molecule has 0 spiro atoms. The maximum absolute atomic E-state index is 13.7. The van der Waals surface area contributed by atoms with Gasteiger partial charge in [0.2, 0.25) is 0 Å². The summed E-state index contributed by atoms with van der Waals surface area (Å²) in [7, 11) is 0. The Hall–Kier alpha value is -2.08. The summed E-state index contributed by atoms with van der Waals surface area (Å²) in [5, 5.41) is 6.46. The molecule has 0 aliphatic heterocycles. The Labute approximate surface area is 139 Å². The van der Waals surface area contributed by atoms with Crippen molar-refractivity contribution in [2.24, 2.45) is 0 Å². The normalized spacial score (nSPS) is 16.1. The molecule has 0 atom stereocenters. The highest BCUT2D eigenvalue weighted by Gasteiger charge is 2.36. The first-order valence-electron chi connectivity index (χ1n) is 7.54. The Balaban J connectivity index is 1.77. The fourth-order valence-electron chi connectivity index (χ4n) is 3.07. The summed E-state index contributed by atoms with van der Waals surface area (Å²) >= 11 is 5.33. The van der Waals surface area contributed by atoms with Gasteiger partial charge in [0.25, 0.3) is 0 Å². The molecule has 2 aromatic rings. The standard InChI is InChI=1S/C17H17F2N3S/c18-13-5-6-15(14(19)10-13)21-16(23)22-17(7-1-2-8-17)12-4-3-9-20-11-12/h3-6,9-11H,1-2,7-8H2,(H2,21,22,23). The first kappa shape index (κ1) is 15.8. The predicted octanol–water partition coefficient (Wildman–Crippen LogP) is 4.12. The molecule has 0 bridgehead atoms. The molecule has 1 saturated carbocycles. The van der Waals surface area contributed by atoms with Crippen molar-refractivity contribution < 1.29 is 8.78 Å². The molecule has 2 N–H and O–H groups in total. The Kier molecular flexibility index (Phi) is 4.52. The van der Waals surface area contributed by atoms with Crippen molar-refractivity contribution in [2.45, 2.75) is 31.2 Å². The van der Waals surface area contributed by atoms with Crippen LogP contribution in [0.5, 0.6) is 0 Å². The van der Waals surface area contributed by atoms with Crippen LogP contribution < -0.4 is 10.6 Å². The van der Waals surface area contributed by atoms with Crippen LogP contribution in [0.1, 0.15) is 31.2 Å². The lowest BCUT2D eigenvalue weighted by Gasteiger charge is -2.32. The van der Waals surface area contributed by atoms with Crippen LogP contribution in [0.25, 0.3) is 0 Å². The lowest BCUT2D eigenvalue weighted by molar-refractivity contribution is 0.407. The van der Waals surface area contributed by atoms with Crippen LogP contribution in [0.4, 0.5) is 14.5 Å². The number of halogens is 2. The number of thiocarbonyl (C=S) groups is 1. The van der Waals surface area contributed by atoms with Gasteiger partial charge in [-0.2, -0.15) is 0 Å². The third-order valence-electron chi connectivity index (χ3n) is 4.20. The van der Waals surface area contributed by atoms with Gasteiger partial charge in [-0.1, -0.05) is 18.9 Å². The lowest BCUT2D eigenvalue weighted by Crippen LogP contribution is -2.45. The van der Waals surface area contributed by atoms with E-state index in [0.29, 0.717) is 5.11 Å². The summed E-state index contributed by atoms with van der Waals surface area (Å²) in [5.74, 6) is -1.29. The molecule has 6 heteroatoms. The second kappa shape index (κ2) is 6.58. The first-order chi connectivity index (χ1) is 11.1. The van der Waals surface area contributed by atoms with Crippen LogP contribution in [0.15, 0.2) is 42.7 Å². The fourth-order valence-corrected chi connectivity index (χ4v) is 3.38. The van der Waals surface area contributed by atoms with Crippen molar-refractivity contribution in [1.82, 2.24) is 10.3 Å². The van der Waals surface area contributed by atoms with E-state index in [1.807, 2.05) is 18.3 Å². The minimum atomic E-state index is -0.670. The van der Waals surface area contributed by atoms with E-state index < -0.39 is 11.6 Å². The van der Waals surface area contributed by atoms with E-state index in [4.69, 9.17) is 12.2 Å². The van der Waals surface area contributed by atoms with Crippen LogP contribution in [-0.2, 0) is 5.54 Å². The zero-order chi connectivity index (χ0) is 16.3. The van der Waals surface area contributed by atoms with Gasteiger partial charge in [0.1, 0.15) is 11.6 Å². The summed E-state index contributed by atoms with van der Waals surface area (Å²) in [6.07, 6.45) is 7.62. The maximum Gasteiger partial charge on any atom is 0.171 e. The lowest BCUT2D eigenvalue weighted by atomic mass is 9.89. The van der Waals surface area contributed by atoms with E-state index in [9.17, 15) is 8.78 Å². The van der Waals surface area contributed by atoms with E-state index >= 15 is 0 Å². The van der Waals surface area contributed by atoms with Gasteiger partial charge in [-0.05, 0) is 48.8 Å². The summed E-state index contributed by atoms with van der Waals surface area (Å²) in [4.78, 5) is 4.18. The molecular formula is C17H17F2N3S. The molecule has 0 saturated heterocycles. The number of benzene rings is 1. The van der Waals surface area contributed by atoms with E-state index in [1.54, 1.807) is 6.20 Å². The number of nitrogens with one attached hydrogen (secondary N) is 2. The maximum atomic E-state index is 13.7. The largest absolute Gasteiger partial charge is 0.353 e. The number of aromatic nitrogens is 1. The molecule has 0 amide bonds. The average molecular weight is 333 g/mol. The molecule has 1 fully saturated rings. The number of nitrogens with zero attached hydrogens (tertiary/aromatic N) is 1. The van der Waals surface area contributed by atoms with Gasteiger partial charge in [0.15, 0.2) is 5.11 Å². The zero-order valence-corrected chi connectivity index (χ0v) is 13.3. The van der Waals surface area contributed by atoms with E-state index in [1.165, 1.54) is 12.1 Å². The molecule has 1 aromatic carbocycles. The third kappa shape index (κ3) is 3.47. The third-order valence-corrected chi connectivity index (χ3v) is 4.41. The van der Waals surface area contributed by atoms with E-state index in [-0.39, 0.29) is 11.2 Å². The molecule has 0 unspecified atom stereocenters. The molecular weight excluding hydrogens is 316 g/mol. The summed E-state index contributed by atoms with van der Waals surface area (Å²) in [6, 6.07) is 7.28. The number of rotatable bonds is 3. The van der Waals surface area contributed by atoms with Crippen molar-refractivity contribution in [3.8, 4) is 0 Å². The van der Waals surface area contributed by atoms with E-state index in [2.05, 4.69) is 15.6 Å². The number of hydrogen-bond donors (Lipinski definition) is 2. The van der Waals surface area contributed by atoms with Crippen molar-refractivity contribution in [3.05, 3.63) is 59.9 Å². The van der Waals surface area contributed by atoms with Gasteiger partial charge in [0.05, 0.1) is 11.2 Å². The van der Waals surface area contributed by atoms with Crippen molar-refractivity contribution in [3.63, 3.8) is 0 Å². The molecule has 1 aliphatic carbocycles. The Morgan fingerprint density at radius 1 is 1.17 bits per heavy atom. The van der Waals surface area contributed by atoms with Gasteiger partial charge in [-0.3, -0.25) is 4.98 Å². The van der Waals surface area contributed by atoms with Gasteiger partial charge in [-0.15, -0.1) is 0 Å². The summed E-state index contributed by atoms with van der Waals surface area (Å²) in [6.45, 7) is 0. The molecule has 3 rings (SSSR count). The topological polar surface area (TPSA) is 37.0 Å².